The van der Waals surface area contributed by atoms with Crippen molar-refractivity contribution in [2.45, 2.75) is 25.4 Å². The van der Waals surface area contributed by atoms with Crippen molar-refractivity contribution >= 4 is 28.3 Å². The molecule has 0 saturated carbocycles. The molecule has 6 heteroatoms. The number of hydrogen-bond donors (Lipinski definition) is 2. The summed E-state index contributed by atoms with van der Waals surface area (Å²) in [4.78, 5) is 32.9. The molecule has 3 aromatic carbocycles. The molecule has 170 valence electrons. The second-order valence-corrected chi connectivity index (χ2v) is 8.58. The van der Waals surface area contributed by atoms with Crippen LogP contribution in [0.15, 0.2) is 85.2 Å². The molecule has 6 nitrogen and oxygen atoms in total. The van der Waals surface area contributed by atoms with E-state index < -0.39 is 6.04 Å². The highest BCUT2D eigenvalue weighted by molar-refractivity contribution is 6.03. The number of carbonyl (C=O) groups excluding carboxylic acids is 2. The lowest BCUT2D eigenvalue weighted by Crippen LogP contribution is -2.51. The number of nitrogens with one attached hydrogen (secondary N) is 1. The topological polar surface area (TPSA) is 88.3 Å². The van der Waals surface area contributed by atoms with Crippen molar-refractivity contribution in [3.05, 3.63) is 107 Å². The van der Waals surface area contributed by atoms with E-state index >= 15 is 0 Å². The average Bonchev–Trinajstić information content (AvgIpc) is 2.88. The zero-order chi connectivity index (χ0) is 23.5. The van der Waals surface area contributed by atoms with Crippen molar-refractivity contribution in [3.8, 4) is 0 Å². The van der Waals surface area contributed by atoms with E-state index in [0.29, 0.717) is 37.2 Å². The third-order valence-corrected chi connectivity index (χ3v) is 6.38. The molecule has 0 fully saturated rings. The average molecular weight is 451 g/mol. The number of amides is 2. The molecule has 0 radical (unpaired) electrons. The van der Waals surface area contributed by atoms with Gasteiger partial charge in [0, 0.05) is 48.5 Å². The molecule has 3 N–H and O–H groups in total. The summed E-state index contributed by atoms with van der Waals surface area (Å²) in [6.45, 7) is 0.915. The summed E-state index contributed by atoms with van der Waals surface area (Å²) in [6, 6.07) is 22.6. The second kappa shape index (κ2) is 9.45. The van der Waals surface area contributed by atoms with E-state index in [0.717, 1.165) is 27.5 Å². The number of aromatic nitrogens is 1. The number of carbonyl (C=O) groups is 2. The van der Waals surface area contributed by atoms with Crippen LogP contribution in [0.2, 0.25) is 0 Å². The van der Waals surface area contributed by atoms with Crippen molar-refractivity contribution in [2.24, 2.45) is 5.73 Å². The van der Waals surface area contributed by atoms with Gasteiger partial charge in [0.25, 0.3) is 5.91 Å². The lowest BCUT2D eigenvalue weighted by molar-refractivity contribution is -0.120. The maximum atomic E-state index is 13.6. The number of nitrogens with zero attached hydrogens (tertiary/aromatic N) is 2. The second-order valence-electron chi connectivity index (χ2n) is 8.58. The van der Waals surface area contributed by atoms with Crippen LogP contribution in [-0.4, -0.2) is 34.3 Å². The Morgan fingerprint density at radius 3 is 2.68 bits per heavy atom. The third kappa shape index (κ3) is 4.40. The summed E-state index contributed by atoms with van der Waals surface area (Å²) < 4.78 is 0. The van der Waals surface area contributed by atoms with Gasteiger partial charge < -0.3 is 16.0 Å². The van der Waals surface area contributed by atoms with Crippen molar-refractivity contribution in [2.75, 3.05) is 11.9 Å². The highest BCUT2D eigenvalue weighted by atomic mass is 16.2. The molecule has 5 rings (SSSR count). The molecule has 2 heterocycles. The number of nitrogens with two attached hydrogens (primary N) is 1. The van der Waals surface area contributed by atoms with Crippen LogP contribution < -0.4 is 11.1 Å². The first-order valence-corrected chi connectivity index (χ1v) is 11.4. The molecule has 0 unspecified atom stereocenters. The van der Waals surface area contributed by atoms with Gasteiger partial charge in [0.1, 0.15) is 6.04 Å². The molecule has 4 aromatic rings. The lowest BCUT2D eigenvalue weighted by Gasteiger charge is -2.35. The minimum Gasteiger partial charge on any atom is -0.326 e. The SMILES string of the molecule is NCc1ccc2c(c1)CCN([C@@H](Cc1ccccc1)C(=O)Nc1ccc3ccncc3c1)C2=O. The summed E-state index contributed by atoms with van der Waals surface area (Å²) >= 11 is 0. The fourth-order valence-corrected chi connectivity index (χ4v) is 4.55. The van der Waals surface area contributed by atoms with E-state index in [4.69, 9.17) is 5.73 Å². The van der Waals surface area contributed by atoms with Gasteiger partial charge >= 0.3 is 0 Å². The van der Waals surface area contributed by atoms with Gasteiger partial charge in [-0.3, -0.25) is 14.6 Å². The van der Waals surface area contributed by atoms with Gasteiger partial charge in [-0.25, -0.2) is 0 Å². The van der Waals surface area contributed by atoms with Gasteiger partial charge in [-0.15, -0.1) is 0 Å². The highest BCUT2D eigenvalue weighted by Gasteiger charge is 2.34. The summed E-state index contributed by atoms with van der Waals surface area (Å²) in [5.41, 5.74) is 10.1. The van der Waals surface area contributed by atoms with Crippen molar-refractivity contribution in [1.82, 2.24) is 9.88 Å². The molecule has 1 atom stereocenters. The predicted octanol–water partition coefficient (Wildman–Crippen LogP) is 3.94. The number of benzene rings is 3. The molecule has 0 aliphatic carbocycles. The number of hydrogen-bond acceptors (Lipinski definition) is 4. The molecule has 1 aromatic heterocycles. The minimum atomic E-state index is -0.637. The van der Waals surface area contributed by atoms with E-state index in [9.17, 15) is 9.59 Å². The Kier molecular flexibility index (Phi) is 6.06. The number of rotatable bonds is 6. The molecule has 1 aliphatic rings. The van der Waals surface area contributed by atoms with Crippen LogP contribution in [0.25, 0.3) is 10.8 Å². The van der Waals surface area contributed by atoms with Crippen LogP contribution in [0.4, 0.5) is 5.69 Å². The fraction of sp³-hybridized carbons (Fsp3) is 0.179. The maximum Gasteiger partial charge on any atom is 0.254 e. The van der Waals surface area contributed by atoms with Gasteiger partial charge in [-0.2, -0.15) is 0 Å². The van der Waals surface area contributed by atoms with Gasteiger partial charge in [0.2, 0.25) is 5.91 Å². The molecular weight excluding hydrogens is 424 g/mol. The van der Waals surface area contributed by atoms with E-state index in [1.165, 1.54) is 0 Å². The molecule has 2 amide bonds. The number of pyridine rings is 1. The Labute approximate surface area is 198 Å². The van der Waals surface area contributed by atoms with Crippen LogP contribution in [-0.2, 0) is 24.2 Å². The molecular formula is C28H26N4O2. The van der Waals surface area contributed by atoms with Crippen LogP contribution in [0.1, 0.15) is 27.0 Å². The van der Waals surface area contributed by atoms with E-state index in [2.05, 4.69) is 10.3 Å². The van der Waals surface area contributed by atoms with Crippen LogP contribution in [0.3, 0.4) is 0 Å². The summed E-state index contributed by atoms with van der Waals surface area (Å²) in [5, 5.41) is 5.03. The van der Waals surface area contributed by atoms with E-state index in [1.54, 1.807) is 17.3 Å². The Bertz CT molecular complexity index is 1350. The van der Waals surface area contributed by atoms with Gasteiger partial charge in [-0.1, -0.05) is 48.5 Å². The summed E-state index contributed by atoms with van der Waals surface area (Å²) in [5.74, 6) is -0.328. The van der Waals surface area contributed by atoms with Crippen molar-refractivity contribution in [1.29, 1.82) is 0 Å². The van der Waals surface area contributed by atoms with Gasteiger partial charge in [0.15, 0.2) is 0 Å². The zero-order valence-corrected chi connectivity index (χ0v) is 18.8. The monoisotopic (exact) mass is 450 g/mol. The highest BCUT2D eigenvalue weighted by Crippen LogP contribution is 2.25. The summed E-state index contributed by atoms with van der Waals surface area (Å²) in [7, 11) is 0. The van der Waals surface area contributed by atoms with E-state index in [-0.39, 0.29) is 11.8 Å². The first-order chi connectivity index (χ1) is 16.6. The van der Waals surface area contributed by atoms with Crippen LogP contribution in [0, 0.1) is 0 Å². The quantitative estimate of drug-likeness (QED) is 0.466. The predicted molar refractivity (Wildman–Crippen MR) is 133 cm³/mol. The fourth-order valence-electron chi connectivity index (χ4n) is 4.55. The molecule has 0 spiro atoms. The molecule has 0 saturated heterocycles. The van der Waals surface area contributed by atoms with Crippen LogP contribution in [0.5, 0.6) is 0 Å². The van der Waals surface area contributed by atoms with E-state index in [1.807, 2.05) is 72.8 Å². The molecule has 0 bridgehead atoms. The standard InChI is InChI=1S/C28H26N4O2/c29-17-20-6-9-25-22(14-20)11-13-32(28(25)34)26(15-19-4-2-1-3-5-19)27(33)31-24-8-7-21-10-12-30-18-23(21)16-24/h1-10,12,14,16,18,26H,11,13,15,17,29H2,(H,31,33)/t26-/m0/s1. The van der Waals surface area contributed by atoms with Gasteiger partial charge in [-0.05, 0) is 52.8 Å². The molecule has 1 aliphatic heterocycles. The minimum absolute atomic E-state index is 0.122. The first kappa shape index (κ1) is 21.8. The lowest BCUT2D eigenvalue weighted by atomic mass is 9.94. The number of anilines is 1. The largest absolute Gasteiger partial charge is 0.326 e. The molecule has 34 heavy (non-hydrogen) atoms. The Morgan fingerprint density at radius 1 is 1.00 bits per heavy atom. The Morgan fingerprint density at radius 2 is 1.85 bits per heavy atom. The third-order valence-electron chi connectivity index (χ3n) is 6.38. The summed E-state index contributed by atoms with van der Waals surface area (Å²) in [6.07, 6.45) is 4.64. The van der Waals surface area contributed by atoms with Gasteiger partial charge in [0.05, 0.1) is 0 Å². The Hall–Kier alpha value is -4.03. The smallest absolute Gasteiger partial charge is 0.254 e. The first-order valence-electron chi connectivity index (χ1n) is 11.4. The van der Waals surface area contributed by atoms with Crippen LogP contribution >= 0.6 is 0 Å². The number of fused-ring (bicyclic) bond motifs is 2. The normalized spacial score (nSPS) is 14.0. The Balaban J connectivity index is 1.44. The zero-order valence-electron chi connectivity index (χ0n) is 18.8. The van der Waals surface area contributed by atoms with Crippen molar-refractivity contribution in [3.63, 3.8) is 0 Å². The maximum absolute atomic E-state index is 13.6. The van der Waals surface area contributed by atoms with Crippen molar-refractivity contribution < 1.29 is 9.59 Å².